The van der Waals surface area contributed by atoms with Gasteiger partial charge in [-0.15, -0.1) is 0 Å². The Kier molecular flexibility index (Phi) is 6.21. The molecule has 0 aromatic rings. The lowest BCUT2D eigenvalue weighted by atomic mass is 9.54. The molecule has 7 atom stereocenters. The van der Waals surface area contributed by atoms with Gasteiger partial charge < -0.3 is 14.8 Å². The van der Waals surface area contributed by atoms with E-state index in [0.29, 0.717) is 18.8 Å². The molecule has 32 heavy (non-hydrogen) atoms. The van der Waals surface area contributed by atoms with E-state index in [4.69, 9.17) is 9.47 Å². The Morgan fingerprint density at radius 1 is 1.06 bits per heavy atom. The lowest BCUT2D eigenvalue weighted by Crippen LogP contribution is -2.52. The van der Waals surface area contributed by atoms with E-state index in [1.165, 1.54) is 11.1 Å². The third-order valence-corrected chi connectivity index (χ3v) is 8.29. The van der Waals surface area contributed by atoms with Crippen molar-refractivity contribution in [2.45, 2.75) is 105 Å². The molecule has 4 aliphatic rings. The lowest BCUT2D eigenvalue weighted by Gasteiger charge is -2.45. The third kappa shape index (κ3) is 3.90. The number of Topliss-reactive ketones (excluding diaryl/α,β-unsaturated/α-hetero) is 1. The molecule has 2 fully saturated rings. The Bertz CT molecular complexity index is 841. The molecule has 2 heterocycles. The van der Waals surface area contributed by atoms with E-state index in [0.717, 1.165) is 19.3 Å². The summed E-state index contributed by atoms with van der Waals surface area (Å²) in [5.74, 6) is -0.186. The van der Waals surface area contributed by atoms with Crippen LogP contribution in [0.25, 0.3) is 0 Å². The second kappa shape index (κ2) is 8.39. The average molecular weight is 444 g/mol. The third-order valence-electron chi connectivity index (χ3n) is 8.29. The topological polar surface area (TPSA) is 64.6 Å². The summed E-state index contributed by atoms with van der Waals surface area (Å²) in [4.78, 5) is 27.9. The number of hydrogen-bond acceptors (Lipinski definition) is 4. The fourth-order valence-electron chi connectivity index (χ4n) is 6.84. The monoisotopic (exact) mass is 443 g/mol. The van der Waals surface area contributed by atoms with Crippen LogP contribution in [0.1, 0.15) is 80.6 Å². The van der Waals surface area contributed by atoms with E-state index in [2.05, 4.69) is 52.1 Å². The van der Waals surface area contributed by atoms with Crippen LogP contribution in [0.15, 0.2) is 23.3 Å². The average Bonchev–Trinajstić information content (AvgIpc) is 3.14. The van der Waals surface area contributed by atoms with Crippen LogP contribution < -0.4 is 5.32 Å². The molecule has 0 aromatic carbocycles. The van der Waals surface area contributed by atoms with Crippen molar-refractivity contribution in [2.24, 2.45) is 29.1 Å². The highest BCUT2D eigenvalue weighted by Gasteiger charge is 2.65. The van der Waals surface area contributed by atoms with E-state index in [1.807, 2.05) is 13.8 Å². The van der Waals surface area contributed by atoms with Gasteiger partial charge in [-0.25, -0.2) is 0 Å². The van der Waals surface area contributed by atoms with Gasteiger partial charge in [0.1, 0.15) is 11.2 Å². The van der Waals surface area contributed by atoms with Crippen molar-refractivity contribution in [2.75, 3.05) is 0 Å². The zero-order valence-electron chi connectivity index (χ0n) is 20.9. The van der Waals surface area contributed by atoms with Crippen LogP contribution in [0.3, 0.4) is 0 Å². The van der Waals surface area contributed by atoms with E-state index < -0.39 is 11.2 Å². The van der Waals surface area contributed by atoms with Crippen molar-refractivity contribution in [3.63, 3.8) is 0 Å². The number of carbonyl (C=O) groups is 2. The number of nitrogens with one attached hydrogen (secondary N) is 1. The van der Waals surface area contributed by atoms with Crippen LogP contribution in [-0.4, -0.2) is 35.7 Å². The molecule has 2 saturated heterocycles. The van der Waals surface area contributed by atoms with Crippen LogP contribution in [0.5, 0.6) is 0 Å². The number of allylic oxidation sites excluding steroid dienone is 4. The van der Waals surface area contributed by atoms with Crippen molar-refractivity contribution in [3.05, 3.63) is 23.3 Å². The van der Waals surface area contributed by atoms with Gasteiger partial charge in [0.05, 0.1) is 12.2 Å². The van der Waals surface area contributed by atoms with Gasteiger partial charge >= 0.3 is 0 Å². The summed E-state index contributed by atoms with van der Waals surface area (Å²) in [5, 5.41) is 3.29. The Hall–Kier alpha value is -1.46. The van der Waals surface area contributed by atoms with Gasteiger partial charge in [0.15, 0.2) is 5.79 Å². The second-order valence-corrected chi connectivity index (χ2v) is 11.6. The van der Waals surface area contributed by atoms with E-state index in [9.17, 15) is 9.59 Å². The highest BCUT2D eigenvalue weighted by Crippen LogP contribution is 2.55. The molecule has 0 aromatic heterocycles. The molecule has 1 N–H and O–H groups in total. The molecule has 1 amide bonds. The fourth-order valence-corrected chi connectivity index (χ4v) is 6.84. The van der Waals surface area contributed by atoms with Crippen molar-refractivity contribution < 1.29 is 19.1 Å². The van der Waals surface area contributed by atoms with Crippen LogP contribution >= 0.6 is 0 Å². The maximum atomic E-state index is 14.1. The van der Waals surface area contributed by atoms with E-state index in [-0.39, 0.29) is 47.7 Å². The largest absolute Gasteiger partial charge is 0.352 e. The van der Waals surface area contributed by atoms with Gasteiger partial charge in [-0.2, -0.15) is 0 Å². The van der Waals surface area contributed by atoms with Crippen molar-refractivity contribution in [1.29, 1.82) is 0 Å². The minimum atomic E-state index is -1.02. The number of rotatable bonds is 2. The molecule has 1 spiro atoms. The Balaban J connectivity index is 1.78. The molecule has 0 bridgehead atoms. The first kappa shape index (κ1) is 23.7. The number of fused-ring (bicyclic) bond motifs is 1. The first-order valence-corrected chi connectivity index (χ1v) is 12.5. The van der Waals surface area contributed by atoms with Crippen molar-refractivity contribution in [1.82, 2.24) is 5.32 Å². The molecule has 5 heteroatoms. The highest BCUT2D eigenvalue weighted by atomic mass is 16.7. The quantitative estimate of drug-likeness (QED) is 0.484. The first-order chi connectivity index (χ1) is 15.0. The zero-order chi connectivity index (χ0) is 23.4. The molecule has 4 rings (SSSR count). The number of ether oxygens (including phenoxy) is 2. The van der Waals surface area contributed by atoms with Crippen molar-refractivity contribution in [3.8, 4) is 0 Å². The molecule has 0 radical (unpaired) electrons. The Morgan fingerprint density at radius 2 is 1.69 bits per heavy atom. The highest BCUT2D eigenvalue weighted by molar-refractivity contribution is 6.09. The first-order valence-electron chi connectivity index (χ1n) is 12.5. The molecule has 0 saturated carbocycles. The summed E-state index contributed by atoms with van der Waals surface area (Å²) in [6.07, 6.45) is 7.89. The summed E-state index contributed by atoms with van der Waals surface area (Å²) in [6, 6.07) is 0.0316. The van der Waals surface area contributed by atoms with Crippen LogP contribution in [0, 0.1) is 29.1 Å². The summed E-state index contributed by atoms with van der Waals surface area (Å²) in [5.41, 5.74) is 1.49. The summed E-state index contributed by atoms with van der Waals surface area (Å²) in [7, 11) is 0. The maximum absolute atomic E-state index is 14.1. The lowest BCUT2D eigenvalue weighted by molar-refractivity contribution is -0.151. The standard InChI is InChI=1S/C27H41NO4/c1-15(2)12-20-24-18(5)17(4)14-19-13-16(3)8-9-21-22(32-26(6,7)31-21)10-11-23(29)27(19,24)25(30)28-20/h13-15,18-22,24H,8-12H2,1-7H3,(H,28,30)/b16-13+/t18-,19+,20+,21-,22-,24+,27-/m1/s1. The van der Waals surface area contributed by atoms with Crippen LogP contribution in [-0.2, 0) is 19.1 Å². The number of ketones is 1. The van der Waals surface area contributed by atoms with Gasteiger partial charge in [0.25, 0.3) is 0 Å². The van der Waals surface area contributed by atoms with Gasteiger partial charge in [0, 0.05) is 24.3 Å². The summed E-state index contributed by atoms with van der Waals surface area (Å²) >= 11 is 0. The van der Waals surface area contributed by atoms with E-state index >= 15 is 0 Å². The molecular formula is C27H41NO4. The normalized spacial score (nSPS) is 43.4. The number of amides is 1. The second-order valence-electron chi connectivity index (χ2n) is 11.6. The van der Waals surface area contributed by atoms with Gasteiger partial charge in [-0.05, 0) is 65.2 Å². The van der Waals surface area contributed by atoms with Crippen LogP contribution in [0.4, 0.5) is 0 Å². The van der Waals surface area contributed by atoms with Crippen molar-refractivity contribution >= 4 is 11.7 Å². The fraction of sp³-hybridized carbons (Fsp3) is 0.778. The molecule has 2 aliphatic carbocycles. The molecule has 5 nitrogen and oxygen atoms in total. The minimum Gasteiger partial charge on any atom is -0.352 e. The minimum absolute atomic E-state index is 0.0160. The van der Waals surface area contributed by atoms with E-state index in [1.54, 1.807) is 0 Å². The van der Waals surface area contributed by atoms with Gasteiger partial charge in [-0.1, -0.05) is 44.1 Å². The van der Waals surface area contributed by atoms with Gasteiger partial charge in [-0.3, -0.25) is 9.59 Å². The predicted molar refractivity (Wildman–Crippen MR) is 125 cm³/mol. The molecule has 178 valence electrons. The van der Waals surface area contributed by atoms with Crippen LogP contribution in [0.2, 0.25) is 0 Å². The maximum Gasteiger partial charge on any atom is 0.235 e. The zero-order valence-corrected chi connectivity index (χ0v) is 20.9. The van der Waals surface area contributed by atoms with Gasteiger partial charge in [0.2, 0.25) is 5.91 Å². The summed E-state index contributed by atoms with van der Waals surface area (Å²) in [6.45, 7) is 14.7. The summed E-state index contributed by atoms with van der Waals surface area (Å²) < 4.78 is 12.4. The number of hydrogen-bond donors (Lipinski definition) is 1. The SMILES string of the molecule is CC1=C[C@@H]2/C=C(\C)CC[C@H]3OC(C)(C)O[C@@H]3CCC(=O)[C@]23C(=O)N[C@@H](CC(C)C)[C@@H]3[C@@H]1C. The molecule has 2 aliphatic heterocycles. The number of carbonyl (C=O) groups excluding carboxylic acids is 2. The Morgan fingerprint density at radius 3 is 2.31 bits per heavy atom. The molecule has 0 unspecified atom stereocenters. The predicted octanol–water partition coefficient (Wildman–Crippen LogP) is 4.96. The molecular weight excluding hydrogens is 402 g/mol. The Labute approximate surface area is 193 Å². The smallest absolute Gasteiger partial charge is 0.235 e.